The third-order valence-corrected chi connectivity index (χ3v) is 1.84. The van der Waals surface area contributed by atoms with Crippen molar-refractivity contribution in [2.75, 3.05) is 0 Å². The highest BCUT2D eigenvalue weighted by Crippen LogP contribution is 2.16. The van der Waals surface area contributed by atoms with Gasteiger partial charge in [0.15, 0.2) is 0 Å². The lowest BCUT2D eigenvalue weighted by Crippen LogP contribution is -1.99. The summed E-state index contributed by atoms with van der Waals surface area (Å²) in [6.45, 7) is 0. The molecule has 1 unspecified atom stereocenters. The normalized spacial score (nSPS) is 25.4. The quantitative estimate of drug-likeness (QED) is 0.452. The van der Waals surface area contributed by atoms with Crippen molar-refractivity contribution in [3.05, 3.63) is 23.8 Å². The summed E-state index contributed by atoms with van der Waals surface area (Å²) in [6.07, 6.45) is 7.47. The van der Waals surface area contributed by atoms with E-state index in [4.69, 9.17) is 0 Å². The highest BCUT2D eigenvalue weighted by molar-refractivity contribution is 9.09. The van der Waals surface area contributed by atoms with E-state index in [1.165, 1.54) is 0 Å². The summed E-state index contributed by atoms with van der Waals surface area (Å²) in [4.78, 5) is 10.5. The van der Waals surface area contributed by atoms with Crippen LogP contribution in [-0.4, -0.2) is 11.1 Å². The molecule has 0 spiro atoms. The second kappa shape index (κ2) is 2.97. The van der Waals surface area contributed by atoms with Crippen molar-refractivity contribution in [2.24, 2.45) is 0 Å². The molecule has 0 heterocycles. The molecule has 0 aliphatic heterocycles. The van der Waals surface area contributed by atoms with Gasteiger partial charge in [-0.2, -0.15) is 0 Å². The molecular formula is C7H7BrO. The fourth-order valence-corrected chi connectivity index (χ4v) is 1.30. The number of carbonyl (C=O) groups is 1. The molecule has 0 amide bonds. The molecular weight excluding hydrogens is 180 g/mol. The highest BCUT2D eigenvalue weighted by Gasteiger charge is 2.05. The van der Waals surface area contributed by atoms with Crippen LogP contribution in [-0.2, 0) is 4.79 Å². The van der Waals surface area contributed by atoms with Crippen molar-refractivity contribution >= 4 is 22.2 Å². The standard InChI is InChI=1S/C7H7BrO/c8-7-3-1-2-6(4-7)5-9/h1-3,5,7H,4H2. The Morgan fingerprint density at radius 2 is 2.56 bits per heavy atom. The lowest BCUT2D eigenvalue weighted by molar-refractivity contribution is -0.105. The lowest BCUT2D eigenvalue weighted by atomic mass is 10.1. The number of carbonyl (C=O) groups excluding carboxylic acids is 1. The van der Waals surface area contributed by atoms with E-state index in [2.05, 4.69) is 15.9 Å². The topological polar surface area (TPSA) is 17.1 Å². The summed E-state index contributed by atoms with van der Waals surface area (Å²) in [6, 6.07) is 0. The average molecular weight is 187 g/mol. The molecule has 0 saturated heterocycles. The second-order valence-electron chi connectivity index (χ2n) is 1.96. The number of rotatable bonds is 1. The predicted octanol–water partition coefficient (Wildman–Crippen LogP) is 1.84. The van der Waals surface area contributed by atoms with Crippen molar-refractivity contribution < 1.29 is 4.79 Å². The summed E-state index contributed by atoms with van der Waals surface area (Å²) in [7, 11) is 0. The Balaban J connectivity index is 2.65. The van der Waals surface area contributed by atoms with Crippen molar-refractivity contribution in [3.8, 4) is 0 Å². The van der Waals surface area contributed by atoms with Crippen LogP contribution in [0.5, 0.6) is 0 Å². The molecule has 2 heteroatoms. The predicted molar refractivity (Wildman–Crippen MR) is 40.6 cm³/mol. The molecule has 1 nitrogen and oxygen atoms in total. The molecule has 0 bridgehead atoms. The van der Waals surface area contributed by atoms with Crippen LogP contribution in [0.3, 0.4) is 0 Å². The molecule has 0 N–H and O–H groups in total. The van der Waals surface area contributed by atoms with Crippen LogP contribution in [0.1, 0.15) is 6.42 Å². The van der Waals surface area contributed by atoms with E-state index in [9.17, 15) is 4.79 Å². The van der Waals surface area contributed by atoms with Gasteiger partial charge in [-0.15, -0.1) is 0 Å². The van der Waals surface area contributed by atoms with Gasteiger partial charge in [0.05, 0.1) is 0 Å². The molecule has 0 radical (unpaired) electrons. The summed E-state index contributed by atoms with van der Waals surface area (Å²) < 4.78 is 0. The third-order valence-electron chi connectivity index (χ3n) is 1.21. The molecule has 0 aromatic heterocycles. The Morgan fingerprint density at radius 1 is 1.78 bits per heavy atom. The number of halogens is 1. The second-order valence-corrected chi connectivity index (χ2v) is 3.14. The van der Waals surface area contributed by atoms with Gasteiger partial charge < -0.3 is 0 Å². The minimum atomic E-state index is 0.350. The molecule has 1 aliphatic rings. The molecule has 9 heavy (non-hydrogen) atoms. The maximum Gasteiger partial charge on any atom is 0.146 e. The number of allylic oxidation sites excluding steroid dienone is 4. The van der Waals surface area contributed by atoms with Crippen LogP contribution in [0.2, 0.25) is 0 Å². The first-order chi connectivity index (χ1) is 4.33. The molecule has 48 valence electrons. The smallest absolute Gasteiger partial charge is 0.146 e. The van der Waals surface area contributed by atoms with Crippen LogP contribution >= 0.6 is 15.9 Å². The van der Waals surface area contributed by atoms with Gasteiger partial charge in [0.25, 0.3) is 0 Å². The largest absolute Gasteiger partial charge is 0.298 e. The van der Waals surface area contributed by atoms with Gasteiger partial charge in [-0.1, -0.05) is 34.2 Å². The van der Waals surface area contributed by atoms with Gasteiger partial charge in [-0.05, 0) is 12.0 Å². The van der Waals surface area contributed by atoms with Crippen LogP contribution in [0.15, 0.2) is 23.8 Å². The minimum absolute atomic E-state index is 0.350. The molecule has 0 aromatic rings. The number of aldehydes is 1. The first-order valence-corrected chi connectivity index (χ1v) is 3.71. The summed E-state index contributed by atoms with van der Waals surface area (Å²) in [5.74, 6) is 0. The maximum absolute atomic E-state index is 10.2. The van der Waals surface area contributed by atoms with Crippen LogP contribution in [0, 0.1) is 0 Å². The van der Waals surface area contributed by atoms with Crippen molar-refractivity contribution in [1.29, 1.82) is 0 Å². The summed E-state index contributed by atoms with van der Waals surface area (Å²) in [5.41, 5.74) is 0.861. The zero-order chi connectivity index (χ0) is 6.69. The van der Waals surface area contributed by atoms with Crippen LogP contribution in [0.25, 0.3) is 0 Å². The Bertz CT molecular complexity index is 170. The number of hydrogen-bond acceptors (Lipinski definition) is 1. The van der Waals surface area contributed by atoms with Crippen molar-refractivity contribution in [1.82, 2.24) is 0 Å². The fourth-order valence-electron chi connectivity index (χ4n) is 0.748. The number of alkyl halides is 1. The minimum Gasteiger partial charge on any atom is -0.298 e. The highest BCUT2D eigenvalue weighted by atomic mass is 79.9. The van der Waals surface area contributed by atoms with Gasteiger partial charge in [0, 0.05) is 4.83 Å². The van der Waals surface area contributed by atoms with E-state index < -0.39 is 0 Å². The first kappa shape index (κ1) is 6.75. The molecule has 1 aliphatic carbocycles. The molecule has 0 saturated carbocycles. The van der Waals surface area contributed by atoms with E-state index in [1.54, 1.807) is 0 Å². The molecule has 0 aromatic carbocycles. The summed E-state index contributed by atoms with van der Waals surface area (Å²) in [5, 5.41) is 0. The van der Waals surface area contributed by atoms with E-state index in [-0.39, 0.29) is 0 Å². The van der Waals surface area contributed by atoms with Crippen LogP contribution < -0.4 is 0 Å². The fraction of sp³-hybridized carbons (Fsp3) is 0.286. The SMILES string of the molecule is O=CC1=CC=CC(Br)C1. The zero-order valence-electron chi connectivity index (χ0n) is 4.88. The summed E-state index contributed by atoms with van der Waals surface area (Å²) >= 11 is 3.38. The Hall–Kier alpha value is -0.370. The molecule has 1 atom stereocenters. The third kappa shape index (κ3) is 1.79. The van der Waals surface area contributed by atoms with E-state index in [0.717, 1.165) is 18.3 Å². The molecule has 0 fully saturated rings. The zero-order valence-corrected chi connectivity index (χ0v) is 6.47. The monoisotopic (exact) mass is 186 g/mol. The first-order valence-electron chi connectivity index (χ1n) is 2.79. The van der Waals surface area contributed by atoms with Gasteiger partial charge in [0.2, 0.25) is 0 Å². The van der Waals surface area contributed by atoms with E-state index in [1.807, 2.05) is 18.2 Å². The van der Waals surface area contributed by atoms with E-state index >= 15 is 0 Å². The van der Waals surface area contributed by atoms with Gasteiger partial charge in [-0.3, -0.25) is 4.79 Å². The Morgan fingerprint density at radius 3 is 3.00 bits per heavy atom. The van der Waals surface area contributed by atoms with Crippen LogP contribution in [0.4, 0.5) is 0 Å². The lowest BCUT2D eigenvalue weighted by Gasteiger charge is -2.06. The van der Waals surface area contributed by atoms with Crippen molar-refractivity contribution in [3.63, 3.8) is 0 Å². The van der Waals surface area contributed by atoms with E-state index in [0.29, 0.717) is 4.83 Å². The maximum atomic E-state index is 10.2. The number of hydrogen-bond donors (Lipinski definition) is 0. The molecule has 1 rings (SSSR count). The Labute approximate surface area is 62.6 Å². The van der Waals surface area contributed by atoms with Gasteiger partial charge in [0.1, 0.15) is 6.29 Å². The van der Waals surface area contributed by atoms with Crippen molar-refractivity contribution in [2.45, 2.75) is 11.2 Å². The van der Waals surface area contributed by atoms with Gasteiger partial charge >= 0.3 is 0 Å². The Kier molecular flexibility index (Phi) is 2.22. The average Bonchev–Trinajstić information content (AvgIpc) is 1.88. The van der Waals surface area contributed by atoms with Gasteiger partial charge in [-0.25, -0.2) is 0 Å².